The molecule has 0 heterocycles. The fourth-order valence-corrected chi connectivity index (χ4v) is 2.95. The van der Waals surface area contributed by atoms with E-state index in [9.17, 15) is 22.8 Å². The third-order valence-electron chi connectivity index (χ3n) is 4.48. The maximum absolute atomic E-state index is 13.0. The number of amides is 2. The molecule has 0 aliphatic rings. The zero-order valence-corrected chi connectivity index (χ0v) is 17.3. The number of alkyl halides is 3. The number of nitrogens with zero attached hydrogens (tertiary/aromatic N) is 1. The molecule has 2 rings (SSSR count). The van der Waals surface area contributed by atoms with Crippen LogP contribution in [0.15, 0.2) is 48.5 Å². The standard InChI is InChI=1S/C22H25F3N2O3/c1-14(2)19(26-20(28)16-10-7-8-15(3)12-16)21(29)27(4)13-17-9-5-6-11-18(17)30-22(23,24)25/h5-12,14,19H,13H2,1-4H3,(H,26,28). The van der Waals surface area contributed by atoms with Gasteiger partial charge in [-0.25, -0.2) is 0 Å². The summed E-state index contributed by atoms with van der Waals surface area (Å²) in [6, 6.07) is 11.8. The predicted octanol–water partition coefficient (Wildman–Crippen LogP) is 4.31. The molecule has 1 atom stereocenters. The number of ether oxygens (including phenoxy) is 1. The molecule has 0 aliphatic heterocycles. The van der Waals surface area contributed by atoms with Crippen LogP contribution in [0.25, 0.3) is 0 Å². The van der Waals surface area contributed by atoms with E-state index in [1.54, 1.807) is 38.1 Å². The van der Waals surface area contributed by atoms with E-state index in [2.05, 4.69) is 10.1 Å². The first-order valence-electron chi connectivity index (χ1n) is 9.44. The van der Waals surface area contributed by atoms with Gasteiger partial charge < -0.3 is 15.0 Å². The van der Waals surface area contributed by atoms with Crippen LogP contribution in [0.2, 0.25) is 0 Å². The molecule has 1 unspecified atom stereocenters. The molecular formula is C22H25F3N2O3. The maximum atomic E-state index is 13.0. The molecule has 0 saturated heterocycles. The monoisotopic (exact) mass is 422 g/mol. The Morgan fingerprint density at radius 3 is 2.37 bits per heavy atom. The number of nitrogens with one attached hydrogen (secondary N) is 1. The van der Waals surface area contributed by atoms with E-state index >= 15 is 0 Å². The van der Waals surface area contributed by atoms with Gasteiger partial charge in [0.15, 0.2) is 0 Å². The molecule has 0 spiro atoms. The number of hydrogen-bond acceptors (Lipinski definition) is 3. The molecule has 162 valence electrons. The Balaban J connectivity index is 2.15. The Hall–Kier alpha value is -3.03. The number of carbonyl (C=O) groups is 2. The van der Waals surface area contributed by atoms with Crippen molar-refractivity contribution in [2.24, 2.45) is 5.92 Å². The van der Waals surface area contributed by atoms with Gasteiger partial charge in [-0.1, -0.05) is 49.7 Å². The fourth-order valence-electron chi connectivity index (χ4n) is 2.95. The molecule has 0 bridgehead atoms. The van der Waals surface area contributed by atoms with Gasteiger partial charge in [0.25, 0.3) is 5.91 Å². The molecule has 1 N–H and O–H groups in total. The summed E-state index contributed by atoms with van der Waals surface area (Å²) >= 11 is 0. The second kappa shape index (κ2) is 9.65. The number of carbonyl (C=O) groups excluding carboxylic acids is 2. The van der Waals surface area contributed by atoms with Gasteiger partial charge >= 0.3 is 6.36 Å². The Morgan fingerprint density at radius 2 is 1.77 bits per heavy atom. The van der Waals surface area contributed by atoms with Crippen LogP contribution in [0, 0.1) is 12.8 Å². The van der Waals surface area contributed by atoms with E-state index in [4.69, 9.17) is 0 Å². The van der Waals surface area contributed by atoms with Crippen LogP contribution in [0.1, 0.15) is 35.3 Å². The first kappa shape index (κ1) is 23.3. The summed E-state index contributed by atoms with van der Waals surface area (Å²) in [4.78, 5) is 26.8. The van der Waals surface area contributed by atoms with Gasteiger partial charge in [0, 0.05) is 24.7 Å². The van der Waals surface area contributed by atoms with Crippen LogP contribution < -0.4 is 10.1 Å². The van der Waals surface area contributed by atoms with E-state index in [1.165, 1.54) is 30.1 Å². The zero-order chi connectivity index (χ0) is 22.5. The minimum Gasteiger partial charge on any atom is -0.405 e. The van der Waals surface area contributed by atoms with E-state index in [-0.39, 0.29) is 29.7 Å². The SMILES string of the molecule is Cc1cccc(C(=O)NC(C(=O)N(C)Cc2ccccc2OC(F)(F)F)C(C)C)c1. The highest BCUT2D eigenvalue weighted by molar-refractivity contribution is 5.97. The third-order valence-corrected chi connectivity index (χ3v) is 4.48. The molecule has 0 aliphatic carbocycles. The molecule has 0 radical (unpaired) electrons. The van der Waals surface area contributed by atoms with Gasteiger partial charge in [0.2, 0.25) is 5.91 Å². The number of likely N-dealkylation sites (N-methyl/N-ethyl adjacent to an activating group) is 1. The highest BCUT2D eigenvalue weighted by Crippen LogP contribution is 2.27. The van der Waals surface area contributed by atoms with Gasteiger partial charge in [0.05, 0.1) is 0 Å². The molecular weight excluding hydrogens is 397 g/mol. The van der Waals surface area contributed by atoms with Crippen molar-refractivity contribution in [1.29, 1.82) is 0 Å². The number of para-hydroxylation sites is 1. The molecule has 0 saturated carbocycles. The van der Waals surface area contributed by atoms with Crippen LogP contribution in [-0.4, -0.2) is 36.2 Å². The summed E-state index contributed by atoms with van der Waals surface area (Å²) in [5, 5.41) is 2.74. The second-order valence-electron chi connectivity index (χ2n) is 7.41. The zero-order valence-electron chi connectivity index (χ0n) is 17.3. The van der Waals surface area contributed by atoms with Crippen molar-refractivity contribution in [2.45, 2.75) is 39.7 Å². The van der Waals surface area contributed by atoms with Crippen molar-refractivity contribution < 1.29 is 27.5 Å². The van der Waals surface area contributed by atoms with Crippen molar-refractivity contribution in [1.82, 2.24) is 10.2 Å². The first-order valence-corrected chi connectivity index (χ1v) is 9.44. The predicted molar refractivity (Wildman–Crippen MR) is 107 cm³/mol. The normalized spacial score (nSPS) is 12.4. The van der Waals surface area contributed by atoms with Crippen molar-refractivity contribution in [3.05, 3.63) is 65.2 Å². The summed E-state index contributed by atoms with van der Waals surface area (Å²) < 4.78 is 41.9. The van der Waals surface area contributed by atoms with Crippen molar-refractivity contribution in [2.75, 3.05) is 7.05 Å². The Labute approximate surface area is 173 Å². The van der Waals surface area contributed by atoms with E-state index in [1.807, 2.05) is 13.0 Å². The largest absolute Gasteiger partial charge is 0.573 e. The molecule has 2 aromatic carbocycles. The average Bonchev–Trinajstić information content (AvgIpc) is 2.65. The molecule has 2 aromatic rings. The fraction of sp³-hybridized carbons (Fsp3) is 0.364. The van der Waals surface area contributed by atoms with Gasteiger partial charge in [-0.15, -0.1) is 13.2 Å². The van der Waals surface area contributed by atoms with Crippen LogP contribution in [0.3, 0.4) is 0 Å². The number of halogens is 3. The summed E-state index contributed by atoms with van der Waals surface area (Å²) in [5.41, 5.74) is 1.55. The highest BCUT2D eigenvalue weighted by Gasteiger charge is 2.33. The number of hydrogen-bond donors (Lipinski definition) is 1. The average molecular weight is 422 g/mol. The Bertz CT molecular complexity index is 897. The Kier molecular flexibility index (Phi) is 7.48. The van der Waals surface area contributed by atoms with E-state index < -0.39 is 18.3 Å². The summed E-state index contributed by atoms with van der Waals surface area (Å²) in [5.74, 6) is -1.39. The lowest BCUT2D eigenvalue weighted by atomic mass is 10.0. The van der Waals surface area contributed by atoms with Gasteiger partial charge in [0.1, 0.15) is 11.8 Å². The molecule has 0 aromatic heterocycles. The summed E-state index contributed by atoms with van der Waals surface area (Å²) in [7, 11) is 1.47. The number of benzene rings is 2. The highest BCUT2D eigenvalue weighted by atomic mass is 19.4. The lowest BCUT2D eigenvalue weighted by Crippen LogP contribution is -2.50. The third kappa shape index (κ3) is 6.50. The molecule has 5 nitrogen and oxygen atoms in total. The lowest BCUT2D eigenvalue weighted by Gasteiger charge is -2.27. The molecule has 8 heteroatoms. The minimum absolute atomic E-state index is 0.103. The van der Waals surface area contributed by atoms with Crippen molar-refractivity contribution >= 4 is 11.8 Å². The first-order chi connectivity index (χ1) is 14.0. The van der Waals surface area contributed by atoms with Gasteiger partial charge in [-0.2, -0.15) is 0 Å². The van der Waals surface area contributed by atoms with Crippen LogP contribution >= 0.6 is 0 Å². The van der Waals surface area contributed by atoms with E-state index in [0.717, 1.165) is 5.56 Å². The Morgan fingerprint density at radius 1 is 1.10 bits per heavy atom. The van der Waals surface area contributed by atoms with Gasteiger partial charge in [-0.05, 0) is 31.0 Å². The van der Waals surface area contributed by atoms with Crippen LogP contribution in [0.5, 0.6) is 5.75 Å². The smallest absolute Gasteiger partial charge is 0.405 e. The van der Waals surface area contributed by atoms with E-state index in [0.29, 0.717) is 5.56 Å². The quantitative estimate of drug-likeness (QED) is 0.724. The minimum atomic E-state index is -4.83. The topological polar surface area (TPSA) is 58.6 Å². The summed E-state index contributed by atoms with van der Waals surface area (Å²) in [6.45, 7) is 5.33. The molecule has 0 fully saturated rings. The molecule has 2 amide bonds. The van der Waals surface area contributed by atoms with Crippen molar-refractivity contribution in [3.8, 4) is 5.75 Å². The van der Waals surface area contributed by atoms with Crippen molar-refractivity contribution in [3.63, 3.8) is 0 Å². The summed E-state index contributed by atoms with van der Waals surface area (Å²) in [6.07, 6.45) is -4.83. The van der Waals surface area contributed by atoms with Crippen LogP contribution in [0.4, 0.5) is 13.2 Å². The lowest BCUT2D eigenvalue weighted by molar-refractivity contribution is -0.275. The van der Waals surface area contributed by atoms with Crippen LogP contribution in [-0.2, 0) is 11.3 Å². The number of aryl methyl sites for hydroxylation is 1. The van der Waals surface area contributed by atoms with Gasteiger partial charge in [-0.3, -0.25) is 9.59 Å². The number of rotatable bonds is 7. The molecule has 30 heavy (non-hydrogen) atoms. The maximum Gasteiger partial charge on any atom is 0.573 e. The second-order valence-corrected chi connectivity index (χ2v) is 7.41.